The summed E-state index contributed by atoms with van der Waals surface area (Å²) in [6.45, 7) is 6.73. The van der Waals surface area contributed by atoms with Crippen molar-refractivity contribution in [2.45, 2.75) is 26.0 Å². The molecule has 0 spiro atoms. The Bertz CT molecular complexity index is 523. The van der Waals surface area contributed by atoms with Gasteiger partial charge in [-0.05, 0) is 31.2 Å². The van der Waals surface area contributed by atoms with Gasteiger partial charge in [0.25, 0.3) is 0 Å². The summed E-state index contributed by atoms with van der Waals surface area (Å²) >= 11 is 0. The lowest BCUT2D eigenvalue weighted by molar-refractivity contribution is -0.138. The third-order valence-corrected chi connectivity index (χ3v) is 3.92. The molecule has 134 valence electrons. The molecule has 1 unspecified atom stereocenters. The summed E-state index contributed by atoms with van der Waals surface area (Å²) in [5, 5.41) is 8.84. The number of morpholine rings is 1. The number of carboxylic acid groups (broad SMARTS) is 1. The van der Waals surface area contributed by atoms with Crippen molar-refractivity contribution in [1.29, 1.82) is 0 Å². The average molecular weight is 336 g/mol. The average Bonchev–Trinajstić information content (AvgIpc) is 2.53. The number of benzene rings is 1. The third kappa shape index (κ3) is 6.47. The molecule has 1 atom stereocenters. The van der Waals surface area contributed by atoms with Gasteiger partial charge in [0.1, 0.15) is 5.75 Å². The van der Waals surface area contributed by atoms with Crippen LogP contribution in [0.4, 0.5) is 0 Å². The lowest BCUT2D eigenvalue weighted by Gasteiger charge is -2.34. The summed E-state index contributed by atoms with van der Waals surface area (Å²) in [6, 6.07) is 8.22. The molecule has 0 aliphatic carbocycles. The van der Waals surface area contributed by atoms with E-state index in [1.807, 2.05) is 19.2 Å². The molecule has 1 heterocycles. The second-order valence-electron chi connectivity index (χ2n) is 6.31. The quantitative estimate of drug-likeness (QED) is 0.740. The number of carbonyl (C=O) groups is 1. The highest BCUT2D eigenvalue weighted by Crippen LogP contribution is 2.17. The first-order valence-corrected chi connectivity index (χ1v) is 8.53. The summed E-state index contributed by atoms with van der Waals surface area (Å²) in [5.41, 5.74) is 1.23. The zero-order valence-corrected chi connectivity index (χ0v) is 14.6. The Morgan fingerprint density at radius 1 is 1.50 bits per heavy atom. The number of hydrogen-bond acceptors (Lipinski definition) is 5. The normalized spacial score (nSPS) is 18.7. The summed E-state index contributed by atoms with van der Waals surface area (Å²) in [7, 11) is 1.81. The summed E-state index contributed by atoms with van der Waals surface area (Å²) < 4.78 is 11.5. The van der Waals surface area contributed by atoms with Crippen LogP contribution in [-0.2, 0) is 16.1 Å². The topological polar surface area (TPSA) is 62.2 Å². The molecular formula is C18H28N2O4. The van der Waals surface area contributed by atoms with Gasteiger partial charge in [0.2, 0.25) is 0 Å². The fraction of sp³-hybridized carbons (Fsp3) is 0.611. The molecule has 0 saturated carbocycles. The summed E-state index contributed by atoms with van der Waals surface area (Å²) in [6.07, 6.45) is 1.04. The van der Waals surface area contributed by atoms with E-state index in [4.69, 9.17) is 14.6 Å². The minimum atomic E-state index is -0.811. The van der Waals surface area contributed by atoms with E-state index in [0.717, 1.165) is 38.4 Å². The van der Waals surface area contributed by atoms with Crippen molar-refractivity contribution in [3.05, 3.63) is 29.8 Å². The molecule has 1 fully saturated rings. The monoisotopic (exact) mass is 336 g/mol. The third-order valence-electron chi connectivity index (χ3n) is 3.92. The minimum Gasteiger partial charge on any atom is -0.494 e. The molecule has 0 aromatic heterocycles. The Labute approximate surface area is 144 Å². The largest absolute Gasteiger partial charge is 0.494 e. The van der Waals surface area contributed by atoms with Crippen LogP contribution < -0.4 is 4.74 Å². The van der Waals surface area contributed by atoms with Crippen LogP contribution in [0.3, 0.4) is 0 Å². The second kappa shape index (κ2) is 9.61. The molecule has 1 aromatic carbocycles. The first-order chi connectivity index (χ1) is 11.6. The minimum absolute atomic E-state index is 0.0384. The van der Waals surface area contributed by atoms with Gasteiger partial charge in [-0.2, -0.15) is 0 Å². The maximum atomic E-state index is 10.8. The van der Waals surface area contributed by atoms with Gasteiger partial charge < -0.3 is 14.6 Å². The standard InChI is InChI=1S/C18H28N2O4/c1-3-8-23-16-6-4-5-15(10-16)11-20-7-9-24-17(13-20)12-19(2)14-18(21)22/h4-6,10,17H,3,7-9,11-14H2,1-2H3,(H,21,22). The number of likely N-dealkylation sites (N-methyl/N-ethyl adjacent to an activating group) is 1. The molecule has 1 aliphatic heterocycles. The first-order valence-electron chi connectivity index (χ1n) is 8.53. The first kappa shape index (κ1) is 18.7. The van der Waals surface area contributed by atoms with E-state index in [1.54, 1.807) is 4.90 Å². The molecule has 0 bridgehead atoms. The number of ether oxygens (including phenoxy) is 2. The van der Waals surface area contributed by atoms with Gasteiger partial charge in [-0.3, -0.25) is 14.6 Å². The molecule has 2 rings (SSSR count). The van der Waals surface area contributed by atoms with E-state index in [1.165, 1.54) is 5.56 Å². The summed E-state index contributed by atoms with van der Waals surface area (Å²) in [5.74, 6) is 0.106. The fourth-order valence-corrected chi connectivity index (χ4v) is 2.89. The van der Waals surface area contributed by atoms with Crippen molar-refractivity contribution in [2.75, 3.05) is 46.4 Å². The van der Waals surface area contributed by atoms with Crippen LogP contribution in [0.15, 0.2) is 24.3 Å². The Hall–Kier alpha value is -1.63. The van der Waals surface area contributed by atoms with E-state index in [9.17, 15) is 4.79 Å². The maximum absolute atomic E-state index is 10.8. The van der Waals surface area contributed by atoms with Crippen molar-refractivity contribution in [1.82, 2.24) is 9.80 Å². The van der Waals surface area contributed by atoms with Gasteiger partial charge in [-0.15, -0.1) is 0 Å². The van der Waals surface area contributed by atoms with Crippen molar-refractivity contribution in [3.63, 3.8) is 0 Å². The number of rotatable bonds is 9. The fourth-order valence-electron chi connectivity index (χ4n) is 2.89. The van der Waals surface area contributed by atoms with Crippen LogP contribution in [0.2, 0.25) is 0 Å². The molecule has 24 heavy (non-hydrogen) atoms. The van der Waals surface area contributed by atoms with Gasteiger partial charge in [0, 0.05) is 26.2 Å². The summed E-state index contributed by atoms with van der Waals surface area (Å²) in [4.78, 5) is 14.9. The van der Waals surface area contributed by atoms with E-state index in [0.29, 0.717) is 13.2 Å². The molecule has 0 amide bonds. The number of carboxylic acids is 1. The predicted molar refractivity (Wildman–Crippen MR) is 92.4 cm³/mol. The molecule has 1 saturated heterocycles. The predicted octanol–water partition coefficient (Wildman–Crippen LogP) is 1.69. The SMILES string of the molecule is CCCOc1cccc(CN2CCOC(CN(C)CC(=O)O)C2)c1. The van der Waals surface area contributed by atoms with Crippen LogP contribution >= 0.6 is 0 Å². The van der Waals surface area contributed by atoms with E-state index in [2.05, 4.69) is 24.0 Å². The molecule has 6 nitrogen and oxygen atoms in total. The maximum Gasteiger partial charge on any atom is 0.317 e. The Morgan fingerprint density at radius 3 is 3.08 bits per heavy atom. The highest BCUT2D eigenvalue weighted by atomic mass is 16.5. The zero-order valence-electron chi connectivity index (χ0n) is 14.6. The molecule has 1 aromatic rings. The number of aliphatic carboxylic acids is 1. The second-order valence-corrected chi connectivity index (χ2v) is 6.31. The lowest BCUT2D eigenvalue weighted by Crippen LogP contribution is -2.47. The van der Waals surface area contributed by atoms with Crippen LogP contribution in [0.5, 0.6) is 5.75 Å². The van der Waals surface area contributed by atoms with Crippen LogP contribution in [-0.4, -0.2) is 73.4 Å². The van der Waals surface area contributed by atoms with Gasteiger partial charge in [-0.1, -0.05) is 19.1 Å². The van der Waals surface area contributed by atoms with Crippen LogP contribution in [0, 0.1) is 0 Å². The Kier molecular flexibility index (Phi) is 7.49. The zero-order chi connectivity index (χ0) is 17.4. The molecule has 0 radical (unpaired) electrons. The van der Waals surface area contributed by atoms with E-state index >= 15 is 0 Å². The Balaban J connectivity index is 1.85. The highest BCUT2D eigenvalue weighted by molar-refractivity contribution is 5.69. The van der Waals surface area contributed by atoms with Crippen LogP contribution in [0.1, 0.15) is 18.9 Å². The van der Waals surface area contributed by atoms with E-state index in [-0.39, 0.29) is 12.6 Å². The number of nitrogens with zero attached hydrogens (tertiary/aromatic N) is 2. The van der Waals surface area contributed by atoms with Gasteiger partial charge >= 0.3 is 5.97 Å². The number of hydrogen-bond donors (Lipinski definition) is 1. The van der Waals surface area contributed by atoms with Crippen LogP contribution in [0.25, 0.3) is 0 Å². The van der Waals surface area contributed by atoms with E-state index < -0.39 is 5.97 Å². The lowest BCUT2D eigenvalue weighted by atomic mass is 10.1. The van der Waals surface area contributed by atoms with Crippen molar-refractivity contribution in [2.24, 2.45) is 0 Å². The van der Waals surface area contributed by atoms with Crippen molar-refractivity contribution < 1.29 is 19.4 Å². The smallest absolute Gasteiger partial charge is 0.317 e. The van der Waals surface area contributed by atoms with Gasteiger partial charge in [-0.25, -0.2) is 0 Å². The van der Waals surface area contributed by atoms with Crippen molar-refractivity contribution >= 4 is 5.97 Å². The molecule has 6 heteroatoms. The molecule has 1 aliphatic rings. The molecule has 1 N–H and O–H groups in total. The van der Waals surface area contributed by atoms with Crippen molar-refractivity contribution in [3.8, 4) is 5.75 Å². The highest BCUT2D eigenvalue weighted by Gasteiger charge is 2.22. The molecular weight excluding hydrogens is 308 g/mol. The van der Waals surface area contributed by atoms with Gasteiger partial charge in [0.15, 0.2) is 0 Å². The Morgan fingerprint density at radius 2 is 2.33 bits per heavy atom. The van der Waals surface area contributed by atoms with Gasteiger partial charge in [0.05, 0.1) is 25.9 Å².